The first-order valence-electron chi connectivity index (χ1n) is 11.1. The summed E-state index contributed by atoms with van der Waals surface area (Å²) in [5, 5.41) is 11.7. The summed E-state index contributed by atoms with van der Waals surface area (Å²) in [5.74, 6) is 0.0393. The number of carbonyl (C=O) groups excluding carboxylic acids is 2. The largest absolute Gasteiger partial charge is 0.368 e. The SMILES string of the molecule is Cn1c(CCNC(=O)c2ccccc2F)nnc1SCC(=O)N1CCN(c2ccccc2)CC1. The Labute approximate surface area is 202 Å². The zero-order valence-electron chi connectivity index (χ0n) is 19.0. The summed E-state index contributed by atoms with van der Waals surface area (Å²) < 4.78 is 15.5. The summed E-state index contributed by atoms with van der Waals surface area (Å²) in [5.41, 5.74) is 1.19. The highest BCUT2D eigenvalue weighted by atomic mass is 32.2. The van der Waals surface area contributed by atoms with E-state index in [1.165, 1.54) is 29.6 Å². The molecule has 1 saturated heterocycles. The number of anilines is 1. The summed E-state index contributed by atoms with van der Waals surface area (Å²) in [7, 11) is 1.83. The quantitative estimate of drug-likeness (QED) is 0.497. The lowest BCUT2D eigenvalue weighted by molar-refractivity contribution is -0.128. The minimum absolute atomic E-state index is 0.0137. The lowest BCUT2D eigenvalue weighted by Gasteiger charge is -2.36. The van der Waals surface area contributed by atoms with E-state index in [2.05, 4.69) is 32.5 Å². The van der Waals surface area contributed by atoms with E-state index in [0.29, 0.717) is 42.8 Å². The number of nitrogens with one attached hydrogen (secondary N) is 1. The van der Waals surface area contributed by atoms with Gasteiger partial charge in [0, 0.05) is 51.9 Å². The van der Waals surface area contributed by atoms with E-state index in [4.69, 9.17) is 0 Å². The van der Waals surface area contributed by atoms with Crippen molar-refractivity contribution < 1.29 is 14.0 Å². The minimum Gasteiger partial charge on any atom is -0.368 e. The lowest BCUT2D eigenvalue weighted by Crippen LogP contribution is -2.49. The summed E-state index contributed by atoms with van der Waals surface area (Å²) >= 11 is 1.35. The normalized spacial score (nSPS) is 13.7. The summed E-state index contributed by atoms with van der Waals surface area (Å²) in [6.07, 6.45) is 0.444. The fraction of sp³-hybridized carbons (Fsp3) is 0.333. The molecule has 2 aromatic carbocycles. The van der Waals surface area contributed by atoms with E-state index in [0.717, 1.165) is 13.1 Å². The molecule has 10 heteroatoms. The third-order valence-electron chi connectivity index (χ3n) is 5.76. The average molecular weight is 483 g/mol. The highest BCUT2D eigenvalue weighted by Gasteiger charge is 2.22. The Morgan fingerprint density at radius 3 is 2.44 bits per heavy atom. The van der Waals surface area contributed by atoms with Gasteiger partial charge in [-0.1, -0.05) is 42.1 Å². The highest BCUT2D eigenvalue weighted by Crippen LogP contribution is 2.19. The number of rotatable bonds is 8. The Morgan fingerprint density at radius 2 is 1.71 bits per heavy atom. The van der Waals surface area contributed by atoms with Crippen LogP contribution in [0.15, 0.2) is 59.8 Å². The van der Waals surface area contributed by atoms with Crippen molar-refractivity contribution in [3.63, 3.8) is 0 Å². The zero-order valence-corrected chi connectivity index (χ0v) is 19.8. The molecule has 0 radical (unpaired) electrons. The number of halogens is 1. The van der Waals surface area contributed by atoms with Crippen molar-refractivity contribution >= 4 is 29.3 Å². The van der Waals surface area contributed by atoms with Crippen LogP contribution >= 0.6 is 11.8 Å². The molecule has 0 saturated carbocycles. The van der Waals surface area contributed by atoms with Gasteiger partial charge in [0.05, 0.1) is 11.3 Å². The molecular formula is C24H27FN6O2S. The lowest BCUT2D eigenvalue weighted by atomic mass is 10.2. The van der Waals surface area contributed by atoms with Gasteiger partial charge in [0.2, 0.25) is 5.91 Å². The monoisotopic (exact) mass is 482 g/mol. The molecular weight excluding hydrogens is 455 g/mol. The molecule has 2 heterocycles. The predicted octanol–water partition coefficient (Wildman–Crippen LogP) is 2.37. The number of amides is 2. The number of piperazine rings is 1. The molecule has 0 atom stereocenters. The second-order valence-corrected chi connectivity index (χ2v) is 8.88. The molecule has 1 fully saturated rings. The van der Waals surface area contributed by atoms with E-state index in [1.807, 2.05) is 34.7 Å². The molecule has 1 aromatic heterocycles. The Hall–Kier alpha value is -3.40. The Bertz CT molecular complexity index is 1130. The average Bonchev–Trinajstić information content (AvgIpc) is 3.22. The molecule has 34 heavy (non-hydrogen) atoms. The number of thioether (sulfide) groups is 1. The van der Waals surface area contributed by atoms with Crippen LogP contribution < -0.4 is 10.2 Å². The molecule has 8 nitrogen and oxygen atoms in total. The van der Waals surface area contributed by atoms with Crippen molar-refractivity contribution in [1.29, 1.82) is 0 Å². The van der Waals surface area contributed by atoms with Gasteiger partial charge in [-0.15, -0.1) is 10.2 Å². The van der Waals surface area contributed by atoms with E-state index in [9.17, 15) is 14.0 Å². The molecule has 0 spiro atoms. The van der Waals surface area contributed by atoms with Crippen LogP contribution in [0.4, 0.5) is 10.1 Å². The van der Waals surface area contributed by atoms with E-state index < -0.39 is 11.7 Å². The van der Waals surface area contributed by atoms with Crippen LogP contribution in [0, 0.1) is 5.82 Å². The molecule has 0 bridgehead atoms. The highest BCUT2D eigenvalue weighted by molar-refractivity contribution is 7.99. The first kappa shape index (κ1) is 23.7. The van der Waals surface area contributed by atoms with Crippen LogP contribution in [0.5, 0.6) is 0 Å². The van der Waals surface area contributed by atoms with Gasteiger partial charge in [0.25, 0.3) is 5.91 Å². The predicted molar refractivity (Wildman–Crippen MR) is 129 cm³/mol. The van der Waals surface area contributed by atoms with Crippen LogP contribution in [-0.2, 0) is 18.3 Å². The van der Waals surface area contributed by atoms with E-state index in [-0.39, 0.29) is 11.5 Å². The van der Waals surface area contributed by atoms with Crippen molar-refractivity contribution in [2.75, 3.05) is 43.4 Å². The molecule has 4 rings (SSSR count). The molecule has 178 valence electrons. The Balaban J connectivity index is 1.22. The van der Waals surface area contributed by atoms with Crippen molar-refractivity contribution in [3.05, 3.63) is 71.8 Å². The number of carbonyl (C=O) groups is 2. The fourth-order valence-corrected chi connectivity index (χ4v) is 4.62. The standard InChI is InChI=1S/C24H27FN6O2S/c1-29-21(11-12-26-23(33)19-9-5-6-10-20(19)25)27-28-24(29)34-17-22(32)31-15-13-30(14-16-31)18-7-3-2-4-8-18/h2-10H,11-17H2,1H3,(H,26,33). The van der Waals surface area contributed by atoms with Crippen molar-refractivity contribution in [2.45, 2.75) is 11.6 Å². The van der Waals surface area contributed by atoms with Crippen LogP contribution in [0.2, 0.25) is 0 Å². The zero-order chi connectivity index (χ0) is 23.9. The van der Waals surface area contributed by atoms with Gasteiger partial charge in [-0.3, -0.25) is 9.59 Å². The summed E-state index contributed by atoms with van der Waals surface area (Å²) in [4.78, 5) is 29.0. The van der Waals surface area contributed by atoms with Gasteiger partial charge in [-0.05, 0) is 24.3 Å². The van der Waals surface area contributed by atoms with E-state index in [1.54, 1.807) is 12.1 Å². The number of benzene rings is 2. The van der Waals surface area contributed by atoms with Crippen LogP contribution in [0.25, 0.3) is 0 Å². The molecule has 1 N–H and O–H groups in total. The second-order valence-electron chi connectivity index (χ2n) is 7.94. The maximum absolute atomic E-state index is 13.7. The third-order valence-corrected chi connectivity index (χ3v) is 6.76. The van der Waals surface area contributed by atoms with Gasteiger partial charge in [-0.2, -0.15) is 0 Å². The number of nitrogens with zero attached hydrogens (tertiary/aromatic N) is 5. The fourth-order valence-electron chi connectivity index (χ4n) is 3.79. The smallest absolute Gasteiger partial charge is 0.254 e. The first-order chi connectivity index (χ1) is 16.5. The molecule has 0 unspecified atom stereocenters. The molecule has 3 aromatic rings. The Morgan fingerprint density at radius 1 is 1.00 bits per heavy atom. The van der Waals surface area contributed by atoms with Crippen LogP contribution in [-0.4, -0.2) is 70.0 Å². The van der Waals surface area contributed by atoms with Crippen molar-refractivity contribution in [3.8, 4) is 0 Å². The first-order valence-corrected chi connectivity index (χ1v) is 12.1. The van der Waals surface area contributed by atoms with Crippen LogP contribution in [0.3, 0.4) is 0 Å². The van der Waals surface area contributed by atoms with Gasteiger partial charge < -0.3 is 19.7 Å². The van der Waals surface area contributed by atoms with E-state index >= 15 is 0 Å². The number of aromatic nitrogens is 3. The molecule has 0 aliphatic carbocycles. The maximum Gasteiger partial charge on any atom is 0.254 e. The third kappa shape index (κ3) is 5.74. The minimum atomic E-state index is -0.552. The molecule has 1 aliphatic heterocycles. The van der Waals surface area contributed by atoms with Gasteiger partial charge in [0.15, 0.2) is 5.16 Å². The van der Waals surface area contributed by atoms with Crippen molar-refractivity contribution in [1.82, 2.24) is 25.0 Å². The topological polar surface area (TPSA) is 83.4 Å². The number of hydrogen-bond donors (Lipinski definition) is 1. The van der Waals surface area contributed by atoms with Crippen molar-refractivity contribution in [2.24, 2.45) is 7.05 Å². The molecule has 2 amide bonds. The molecule has 1 aliphatic rings. The summed E-state index contributed by atoms with van der Waals surface area (Å²) in [6.45, 7) is 3.31. The Kier molecular flexibility index (Phi) is 7.79. The van der Waals surface area contributed by atoms with Gasteiger partial charge >= 0.3 is 0 Å². The number of para-hydroxylation sites is 1. The maximum atomic E-state index is 13.7. The van der Waals surface area contributed by atoms with Crippen LogP contribution in [0.1, 0.15) is 16.2 Å². The second kappa shape index (κ2) is 11.1. The van der Waals surface area contributed by atoms with Gasteiger partial charge in [-0.25, -0.2) is 4.39 Å². The number of hydrogen-bond acceptors (Lipinski definition) is 6. The van der Waals surface area contributed by atoms with Gasteiger partial charge in [0.1, 0.15) is 11.6 Å². The summed E-state index contributed by atoms with van der Waals surface area (Å²) in [6, 6.07) is 16.1.